The Hall–Kier alpha value is -3.30. The summed E-state index contributed by atoms with van der Waals surface area (Å²) in [5, 5.41) is 2.84. The summed E-state index contributed by atoms with van der Waals surface area (Å²) < 4.78 is 15.7. The number of hydrogen-bond donors (Lipinski definition) is 1. The van der Waals surface area contributed by atoms with Crippen LogP contribution in [0.4, 0.5) is 4.79 Å². The Bertz CT molecular complexity index is 1000. The number of amides is 4. The van der Waals surface area contributed by atoms with Gasteiger partial charge in [-0.05, 0) is 42.5 Å². The zero-order valence-electron chi connectivity index (χ0n) is 19.8. The largest absolute Gasteiger partial charge is 0.493 e. The third kappa shape index (κ3) is 4.17. The quantitative estimate of drug-likeness (QED) is 0.496. The molecule has 0 aromatic heterocycles. The van der Waals surface area contributed by atoms with Gasteiger partial charge in [0, 0.05) is 6.54 Å². The fourth-order valence-corrected chi connectivity index (χ4v) is 5.33. The Morgan fingerprint density at radius 2 is 1.74 bits per heavy atom. The summed E-state index contributed by atoms with van der Waals surface area (Å²) in [6.07, 6.45) is 4.41. The number of carbonyl (C=O) groups is 4. The molecule has 1 aromatic rings. The van der Waals surface area contributed by atoms with E-state index in [-0.39, 0.29) is 18.9 Å². The molecule has 34 heavy (non-hydrogen) atoms. The Balaban J connectivity index is 1.60. The maximum Gasteiger partial charge on any atom is 0.325 e. The fourth-order valence-electron chi connectivity index (χ4n) is 5.33. The van der Waals surface area contributed by atoms with E-state index in [2.05, 4.69) is 5.32 Å². The van der Waals surface area contributed by atoms with E-state index in [1.54, 1.807) is 18.1 Å². The van der Waals surface area contributed by atoms with E-state index in [0.717, 1.165) is 35.3 Å². The van der Waals surface area contributed by atoms with E-state index in [9.17, 15) is 19.2 Å². The standard InChI is InChI=1S/C24H31N3O7/c1-32-18-11-15-7-10-26(17(13-21(29)34-3)16(15)12-19(18)33-2)20(28)14-27-22(30)24(25-23(27)31)8-5-4-6-9-24/h11-12,17H,4-10,13-14H2,1-3H3,(H,25,31). The van der Waals surface area contributed by atoms with Crippen LogP contribution in [0.3, 0.4) is 0 Å². The number of ether oxygens (including phenoxy) is 3. The lowest BCUT2D eigenvalue weighted by Gasteiger charge is -2.38. The molecule has 1 saturated carbocycles. The van der Waals surface area contributed by atoms with Crippen LogP contribution < -0.4 is 14.8 Å². The third-order valence-electron chi connectivity index (χ3n) is 7.16. The van der Waals surface area contributed by atoms with E-state index in [4.69, 9.17) is 14.2 Å². The molecule has 1 aromatic carbocycles. The first-order valence-corrected chi connectivity index (χ1v) is 11.6. The second-order valence-electron chi connectivity index (χ2n) is 9.00. The monoisotopic (exact) mass is 473 g/mol. The molecule has 2 heterocycles. The molecule has 1 atom stereocenters. The first-order chi connectivity index (χ1) is 16.3. The zero-order chi connectivity index (χ0) is 24.5. The highest BCUT2D eigenvalue weighted by Gasteiger charge is 2.52. The maximum atomic E-state index is 13.4. The molecule has 1 aliphatic carbocycles. The van der Waals surface area contributed by atoms with Crippen molar-refractivity contribution in [3.8, 4) is 11.5 Å². The summed E-state index contributed by atoms with van der Waals surface area (Å²) in [5.41, 5.74) is 0.801. The van der Waals surface area contributed by atoms with Crippen LogP contribution in [-0.2, 0) is 25.5 Å². The van der Waals surface area contributed by atoms with Gasteiger partial charge in [-0.3, -0.25) is 19.3 Å². The minimum Gasteiger partial charge on any atom is -0.493 e. The van der Waals surface area contributed by atoms with Crippen LogP contribution in [0.1, 0.15) is 55.7 Å². The molecule has 4 amide bonds. The summed E-state index contributed by atoms with van der Waals surface area (Å²) in [6.45, 7) is -0.0372. The van der Waals surface area contributed by atoms with Crippen LogP contribution in [0, 0.1) is 0 Å². The number of nitrogens with one attached hydrogen (secondary N) is 1. The second-order valence-corrected chi connectivity index (χ2v) is 9.00. The average molecular weight is 474 g/mol. The minimum atomic E-state index is -0.889. The number of methoxy groups -OCH3 is 3. The van der Waals surface area contributed by atoms with Crippen molar-refractivity contribution in [3.63, 3.8) is 0 Å². The normalized spacial score (nSPS) is 21.2. The van der Waals surface area contributed by atoms with E-state index in [1.165, 1.54) is 14.2 Å². The molecule has 0 bridgehead atoms. The lowest BCUT2D eigenvalue weighted by atomic mass is 9.82. The van der Waals surface area contributed by atoms with E-state index >= 15 is 0 Å². The lowest BCUT2D eigenvalue weighted by Crippen LogP contribution is -2.50. The molecule has 2 aliphatic heterocycles. The van der Waals surface area contributed by atoms with Gasteiger partial charge in [-0.25, -0.2) is 4.79 Å². The Kier molecular flexibility index (Phi) is 6.67. The van der Waals surface area contributed by atoms with Gasteiger partial charge in [-0.2, -0.15) is 0 Å². The highest BCUT2D eigenvalue weighted by Crippen LogP contribution is 2.40. The van der Waals surface area contributed by atoms with Gasteiger partial charge in [0.15, 0.2) is 11.5 Å². The smallest absolute Gasteiger partial charge is 0.325 e. The highest BCUT2D eigenvalue weighted by atomic mass is 16.5. The van der Waals surface area contributed by atoms with Gasteiger partial charge in [0.2, 0.25) is 5.91 Å². The molecule has 1 N–H and O–H groups in total. The van der Waals surface area contributed by atoms with E-state index < -0.39 is 29.5 Å². The zero-order valence-corrected chi connectivity index (χ0v) is 19.8. The number of carbonyl (C=O) groups excluding carboxylic acids is 4. The minimum absolute atomic E-state index is 0.0607. The Morgan fingerprint density at radius 1 is 1.06 bits per heavy atom. The van der Waals surface area contributed by atoms with Crippen LogP contribution in [0.5, 0.6) is 11.5 Å². The number of fused-ring (bicyclic) bond motifs is 1. The second kappa shape index (κ2) is 9.52. The number of hydrogen-bond acceptors (Lipinski definition) is 7. The molecule has 4 rings (SSSR count). The molecule has 2 fully saturated rings. The molecular weight excluding hydrogens is 442 g/mol. The number of imide groups is 1. The molecular formula is C24H31N3O7. The van der Waals surface area contributed by atoms with Crippen molar-refractivity contribution in [1.29, 1.82) is 0 Å². The van der Waals surface area contributed by atoms with Gasteiger partial charge in [0.1, 0.15) is 12.1 Å². The van der Waals surface area contributed by atoms with E-state index in [0.29, 0.717) is 37.3 Å². The molecule has 3 aliphatic rings. The summed E-state index contributed by atoms with van der Waals surface area (Å²) in [6, 6.07) is 2.47. The molecule has 1 unspecified atom stereocenters. The number of rotatable bonds is 6. The summed E-state index contributed by atoms with van der Waals surface area (Å²) >= 11 is 0. The summed E-state index contributed by atoms with van der Waals surface area (Å²) in [7, 11) is 4.36. The van der Waals surface area contributed by atoms with Crippen molar-refractivity contribution in [3.05, 3.63) is 23.3 Å². The van der Waals surface area contributed by atoms with Crippen LogP contribution in [-0.4, -0.2) is 73.6 Å². The van der Waals surface area contributed by atoms with Crippen LogP contribution >= 0.6 is 0 Å². The van der Waals surface area contributed by atoms with Gasteiger partial charge in [-0.15, -0.1) is 0 Å². The van der Waals surface area contributed by atoms with Crippen molar-refractivity contribution >= 4 is 23.8 Å². The first-order valence-electron chi connectivity index (χ1n) is 11.6. The predicted octanol–water partition coefficient (Wildman–Crippen LogP) is 1.95. The third-order valence-corrected chi connectivity index (χ3v) is 7.16. The number of esters is 1. The fraction of sp³-hybridized carbons (Fsp3) is 0.583. The maximum absolute atomic E-state index is 13.4. The Labute approximate surface area is 198 Å². The topological polar surface area (TPSA) is 114 Å². The van der Waals surface area contributed by atoms with Crippen LogP contribution in [0.2, 0.25) is 0 Å². The summed E-state index contributed by atoms with van der Waals surface area (Å²) in [4.78, 5) is 54.0. The molecule has 1 saturated heterocycles. The number of nitrogens with zero attached hydrogens (tertiary/aromatic N) is 2. The molecule has 10 heteroatoms. The van der Waals surface area contributed by atoms with Gasteiger partial charge >= 0.3 is 12.0 Å². The van der Waals surface area contributed by atoms with Gasteiger partial charge in [0.25, 0.3) is 5.91 Å². The van der Waals surface area contributed by atoms with Crippen LogP contribution in [0.15, 0.2) is 12.1 Å². The highest BCUT2D eigenvalue weighted by molar-refractivity contribution is 6.09. The Morgan fingerprint density at radius 3 is 2.38 bits per heavy atom. The number of urea groups is 1. The predicted molar refractivity (Wildman–Crippen MR) is 120 cm³/mol. The van der Waals surface area contributed by atoms with Crippen molar-refractivity contribution in [2.75, 3.05) is 34.4 Å². The van der Waals surface area contributed by atoms with Crippen molar-refractivity contribution in [2.45, 2.75) is 56.5 Å². The molecule has 1 spiro atoms. The lowest BCUT2D eigenvalue weighted by molar-refractivity contribution is -0.146. The molecule has 0 radical (unpaired) electrons. The van der Waals surface area contributed by atoms with E-state index in [1.807, 2.05) is 6.07 Å². The molecule has 184 valence electrons. The van der Waals surface area contributed by atoms with Gasteiger partial charge < -0.3 is 24.4 Å². The molecule has 10 nitrogen and oxygen atoms in total. The van der Waals surface area contributed by atoms with Crippen molar-refractivity contribution in [1.82, 2.24) is 15.1 Å². The van der Waals surface area contributed by atoms with Crippen LogP contribution in [0.25, 0.3) is 0 Å². The number of benzene rings is 1. The average Bonchev–Trinajstić information content (AvgIpc) is 3.07. The first kappa shape index (κ1) is 23.8. The van der Waals surface area contributed by atoms with Gasteiger partial charge in [-0.1, -0.05) is 19.3 Å². The van der Waals surface area contributed by atoms with Gasteiger partial charge in [0.05, 0.1) is 33.8 Å². The SMILES string of the molecule is COC(=O)CC1c2cc(OC)c(OC)cc2CCN1C(=O)CN1C(=O)NC2(CCCCC2)C1=O. The summed E-state index contributed by atoms with van der Waals surface area (Å²) in [5.74, 6) is -0.153. The van der Waals surface area contributed by atoms with Crippen molar-refractivity contribution < 1.29 is 33.4 Å². The van der Waals surface area contributed by atoms with Crippen molar-refractivity contribution in [2.24, 2.45) is 0 Å².